The molecule has 0 aromatic carbocycles. The first-order valence-corrected chi connectivity index (χ1v) is 7.46. The highest BCUT2D eigenvalue weighted by Gasteiger charge is 2.34. The summed E-state index contributed by atoms with van der Waals surface area (Å²) in [6, 6.07) is 0. The first-order valence-electron chi connectivity index (χ1n) is 5.64. The fourth-order valence-corrected chi connectivity index (χ4v) is 3.42. The quantitative estimate of drug-likeness (QED) is 0.272. The Kier molecular flexibility index (Phi) is 4.20. The number of hydrogen-bond acceptors (Lipinski definition) is 5. The van der Waals surface area contributed by atoms with Gasteiger partial charge in [-0.2, -0.15) is 0 Å². The second-order valence-corrected chi connectivity index (χ2v) is 7.42. The van der Waals surface area contributed by atoms with Crippen LogP contribution in [0.2, 0.25) is 0 Å². The zero-order valence-electron chi connectivity index (χ0n) is 10.5. The average Bonchev–Trinajstić information content (AvgIpc) is 2.65. The van der Waals surface area contributed by atoms with E-state index in [0.29, 0.717) is 6.42 Å². The molecule has 8 heteroatoms. The van der Waals surface area contributed by atoms with E-state index in [4.69, 9.17) is 10.9 Å². The number of nitrogens with two attached hydrogens (primary N) is 1. The summed E-state index contributed by atoms with van der Waals surface area (Å²) in [4.78, 5) is 11.8. The lowest BCUT2D eigenvalue weighted by molar-refractivity contribution is -0.124. The number of carbonyl (C=O) groups excluding carboxylic acids is 1. The minimum absolute atomic E-state index is 0.0156. The monoisotopic (exact) mass is 277 g/mol. The van der Waals surface area contributed by atoms with Crippen molar-refractivity contribution >= 4 is 21.6 Å². The molecule has 1 heterocycles. The Hall–Kier alpha value is -1.31. The molecular weight excluding hydrogens is 258 g/mol. The highest BCUT2D eigenvalue weighted by Crippen LogP contribution is 2.19. The summed E-state index contributed by atoms with van der Waals surface area (Å²) in [7, 11) is -3.06. The molecule has 1 fully saturated rings. The summed E-state index contributed by atoms with van der Waals surface area (Å²) in [5.41, 5.74) is 4.81. The van der Waals surface area contributed by atoms with Crippen molar-refractivity contribution in [3.63, 3.8) is 0 Å². The molecule has 0 aliphatic carbocycles. The van der Waals surface area contributed by atoms with Crippen molar-refractivity contribution in [2.24, 2.45) is 22.2 Å². The van der Waals surface area contributed by atoms with E-state index in [1.54, 1.807) is 13.8 Å². The molecule has 1 aliphatic rings. The lowest BCUT2D eigenvalue weighted by Crippen LogP contribution is -2.44. The summed E-state index contributed by atoms with van der Waals surface area (Å²) >= 11 is 0. The van der Waals surface area contributed by atoms with Crippen molar-refractivity contribution in [1.82, 2.24) is 5.32 Å². The number of carbonyl (C=O) groups is 1. The molecule has 1 amide bonds. The third kappa shape index (κ3) is 3.59. The molecule has 0 aromatic rings. The van der Waals surface area contributed by atoms with Gasteiger partial charge in [-0.25, -0.2) is 8.42 Å². The molecule has 0 radical (unpaired) electrons. The smallest absolute Gasteiger partial charge is 0.224 e. The zero-order valence-corrected chi connectivity index (χ0v) is 11.3. The number of oxime groups is 1. The van der Waals surface area contributed by atoms with E-state index in [1.807, 2.05) is 0 Å². The molecule has 7 nitrogen and oxygen atoms in total. The van der Waals surface area contributed by atoms with Gasteiger partial charge in [-0.1, -0.05) is 19.0 Å². The predicted molar refractivity (Wildman–Crippen MR) is 67.0 cm³/mol. The minimum atomic E-state index is -3.06. The van der Waals surface area contributed by atoms with Gasteiger partial charge in [-0.3, -0.25) is 4.79 Å². The first-order chi connectivity index (χ1) is 8.18. The summed E-state index contributed by atoms with van der Waals surface area (Å²) in [5, 5.41) is 14.1. The van der Waals surface area contributed by atoms with Gasteiger partial charge in [0.05, 0.1) is 17.4 Å². The van der Waals surface area contributed by atoms with E-state index in [9.17, 15) is 13.2 Å². The van der Waals surface area contributed by atoms with Gasteiger partial charge in [0, 0.05) is 12.0 Å². The predicted octanol–water partition coefficient (Wildman–Crippen LogP) is -0.690. The van der Waals surface area contributed by atoms with Gasteiger partial charge in [-0.05, 0) is 6.42 Å². The molecule has 1 aliphatic heterocycles. The van der Waals surface area contributed by atoms with Gasteiger partial charge in [-0.15, -0.1) is 0 Å². The Balaban J connectivity index is 2.53. The molecule has 0 aromatic heterocycles. The first kappa shape index (κ1) is 14.7. The van der Waals surface area contributed by atoms with Crippen molar-refractivity contribution in [1.29, 1.82) is 0 Å². The number of rotatable bonds is 4. The lowest BCUT2D eigenvalue weighted by Gasteiger charge is -2.23. The third-order valence-electron chi connectivity index (χ3n) is 3.11. The molecule has 1 unspecified atom stereocenters. The van der Waals surface area contributed by atoms with Crippen LogP contribution in [0.5, 0.6) is 0 Å². The fraction of sp³-hybridized carbons (Fsp3) is 0.800. The molecule has 1 rings (SSSR count). The van der Waals surface area contributed by atoms with Gasteiger partial charge >= 0.3 is 0 Å². The highest BCUT2D eigenvalue weighted by atomic mass is 32.2. The van der Waals surface area contributed by atoms with Gasteiger partial charge in [0.25, 0.3) is 0 Å². The molecule has 1 atom stereocenters. The van der Waals surface area contributed by atoms with Crippen LogP contribution in [0, 0.1) is 11.3 Å². The summed E-state index contributed by atoms with van der Waals surface area (Å²) in [5.74, 6) is -0.799. The molecule has 18 heavy (non-hydrogen) atoms. The van der Waals surface area contributed by atoms with E-state index < -0.39 is 21.2 Å². The van der Waals surface area contributed by atoms with Crippen LogP contribution in [0.15, 0.2) is 5.16 Å². The Morgan fingerprint density at radius 3 is 2.61 bits per heavy atom. The number of sulfone groups is 1. The third-order valence-corrected chi connectivity index (χ3v) is 4.88. The zero-order chi connectivity index (χ0) is 14.0. The number of nitrogens with one attached hydrogen (secondary N) is 1. The molecule has 0 bridgehead atoms. The van der Waals surface area contributed by atoms with E-state index in [2.05, 4.69) is 10.5 Å². The Morgan fingerprint density at radius 1 is 1.56 bits per heavy atom. The van der Waals surface area contributed by atoms with Crippen molar-refractivity contribution in [2.75, 3.05) is 18.1 Å². The van der Waals surface area contributed by atoms with E-state index in [-0.39, 0.29) is 29.8 Å². The maximum absolute atomic E-state index is 11.8. The Morgan fingerprint density at radius 2 is 2.17 bits per heavy atom. The Bertz CT molecular complexity index is 456. The fourth-order valence-electron chi connectivity index (χ4n) is 1.68. The van der Waals surface area contributed by atoms with Crippen LogP contribution in [0.1, 0.15) is 20.3 Å². The van der Waals surface area contributed by atoms with Crippen molar-refractivity contribution in [3.05, 3.63) is 0 Å². The minimum Gasteiger partial charge on any atom is -0.409 e. The summed E-state index contributed by atoms with van der Waals surface area (Å²) < 4.78 is 22.5. The van der Waals surface area contributed by atoms with Crippen LogP contribution in [0.4, 0.5) is 0 Å². The van der Waals surface area contributed by atoms with Crippen LogP contribution in [-0.2, 0) is 14.6 Å². The lowest BCUT2D eigenvalue weighted by atomic mass is 9.92. The van der Waals surface area contributed by atoms with Crippen LogP contribution < -0.4 is 11.1 Å². The van der Waals surface area contributed by atoms with E-state index >= 15 is 0 Å². The molecule has 0 spiro atoms. The summed E-state index contributed by atoms with van der Waals surface area (Å²) in [6.45, 7) is 3.62. The number of amidine groups is 1. The molecular formula is C10H19N3O4S. The maximum Gasteiger partial charge on any atom is 0.224 e. The summed E-state index contributed by atoms with van der Waals surface area (Å²) in [6.07, 6.45) is 0.359. The largest absolute Gasteiger partial charge is 0.409 e. The SMILES string of the molecule is CC(C)(CNC(=O)C1CCS(=O)(=O)C1)C(N)=NO. The molecule has 1 saturated heterocycles. The second-order valence-electron chi connectivity index (χ2n) is 5.19. The number of nitrogens with zero attached hydrogens (tertiary/aromatic N) is 1. The Labute approximate surface area is 106 Å². The normalized spacial score (nSPS) is 23.9. The molecule has 104 valence electrons. The van der Waals surface area contributed by atoms with E-state index in [0.717, 1.165) is 0 Å². The maximum atomic E-state index is 11.8. The standard InChI is InChI=1S/C10H19N3O4S/c1-10(2,9(11)13-15)6-12-8(14)7-3-4-18(16,17)5-7/h7,15H,3-6H2,1-2H3,(H2,11,13)(H,12,14). The second kappa shape index (κ2) is 5.13. The number of hydrogen-bond donors (Lipinski definition) is 3. The van der Waals surface area contributed by atoms with Crippen LogP contribution in [-0.4, -0.2) is 43.4 Å². The molecule has 4 N–H and O–H groups in total. The topological polar surface area (TPSA) is 122 Å². The van der Waals surface area contributed by atoms with Crippen LogP contribution >= 0.6 is 0 Å². The van der Waals surface area contributed by atoms with Crippen LogP contribution in [0.25, 0.3) is 0 Å². The van der Waals surface area contributed by atoms with Gasteiger partial charge in [0.1, 0.15) is 5.84 Å². The van der Waals surface area contributed by atoms with Crippen molar-refractivity contribution in [3.8, 4) is 0 Å². The van der Waals surface area contributed by atoms with Crippen LogP contribution in [0.3, 0.4) is 0 Å². The van der Waals surface area contributed by atoms with E-state index in [1.165, 1.54) is 0 Å². The average molecular weight is 277 g/mol. The van der Waals surface area contributed by atoms with Crippen molar-refractivity contribution in [2.45, 2.75) is 20.3 Å². The highest BCUT2D eigenvalue weighted by molar-refractivity contribution is 7.91. The number of amides is 1. The van der Waals surface area contributed by atoms with Gasteiger partial charge in [0.2, 0.25) is 5.91 Å². The van der Waals surface area contributed by atoms with Gasteiger partial charge in [0.15, 0.2) is 9.84 Å². The molecule has 0 saturated carbocycles. The van der Waals surface area contributed by atoms with Crippen molar-refractivity contribution < 1.29 is 18.4 Å². The van der Waals surface area contributed by atoms with Gasteiger partial charge < -0.3 is 16.3 Å².